The molecule has 109 valence electrons. The summed E-state index contributed by atoms with van der Waals surface area (Å²) in [4.78, 5) is 0. The highest BCUT2D eigenvalue weighted by molar-refractivity contribution is 5.62. The zero-order chi connectivity index (χ0) is 15.0. The van der Waals surface area contributed by atoms with Gasteiger partial charge in [0, 0.05) is 24.5 Å². The van der Waals surface area contributed by atoms with Gasteiger partial charge in [-0.1, -0.05) is 60.7 Å². The van der Waals surface area contributed by atoms with E-state index < -0.39 is 0 Å². The van der Waals surface area contributed by atoms with Crippen molar-refractivity contribution in [3.8, 4) is 0 Å². The third-order valence-electron chi connectivity index (χ3n) is 3.50. The van der Waals surface area contributed by atoms with E-state index in [4.69, 9.17) is 0 Å². The summed E-state index contributed by atoms with van der Waals surface area (Å²) in [6.45, 7) is 1.70. The maximum Gasteiger partial charge on any atom is 0.0429 e. The van der Waals surface area contributed by atoms with Gasteiger partial charge < -0.3 is 10.6 Å². The minimum Gasteiger partial charge on any atom is -0.355 e. The second-order valence-electron chi connectivity index (χ2n) is 5.16. The molecule has 0 unspecified atom stereocenters. The van der Waals surface area contributed by atoms with Crippen LogP contribution in [0.1, 0.15) is 11.1 Å². The van der Waals surface area contributed by atoms with Gasteiger partial charge in [0.1, 0.15) is 0 Å². The molecule has 0 aromatic heterocycles. The molecule has 0 fully saturated rings. The van der Waals surface area contributed by atoms with Crippen LogP contribution in [0.4, 0.5) is 11.4 Å². The molecule has 2 heteroatoms. The van der Waals surface area contributed by atoms with Crippen molar-refractivity contribution in [1.29, 1.82) is 0 Å². The third-order valence-corrected chi connectivity index (χ3v) is 3.50. The summed E-state index contributed by atoms with van der Waals surface area (Å²) >= 11 is 0. The predicted octanol–water partition coefficient (Wildman–Crippen LogP) is 4.52. The molecule has 0 aliphatic rings. The monoisotopic (exact) mass is 287 g/mol. The molecule has 2 N–H and O–H groups in total. The first-order valence-corrected chi connectivity index (χ1v) is 7.47. The molecule has 0 aliphatic carbocycles. The molecule has 2 nitrogen and oxygen atoms in total. The van der Waals surface area contributed by atoms with Crippen LogP contribution in [0.15, 0.2) is 78.9 Å². The maximum absolute atomic E-state index is 3.50. The quantitative estimate of drug-likeness (QED) is 0.696. The summed E-state index contributed by atoms with van der Waals surface area (Å²) in [7, 11) is 0. The van der Waals surface area contributed by atoms with Crippen molar-refractivity contribution in [3.05, 3.63) is 96.1 Å². The van der Waals surface area contributed by atoms with Crippen LogP contribution in [0, 0.1) is 6.07 Å². The fourth-order valence-corrected chi connectivity index (χ4v) is 2.36. The van der Waals surface area contributed by atoms with E-state index in [1.54, 1.807) is 0 Å². The van der Waals surface area contributed by atoms with Crippen LogP contribution in [-0.4, -0.2) is 0 Å². The first-order valence-electron chi connectivity index (χ1n) is 7.47. The number of nitrogens with one attached hydrogen (secondary N) is 2. The Morgan fingerprint density at radius 3 is 2.27 bits per heavy atom. The van der Waals surface area contributed by atoms with Crippen molar-refractivity contribution in [2.45, 2.75) is 13.1 Å². The van der Waals surface area contributed by atoms with Crippen molar-refractivity contribution in [3.63, 3.8) is 0 Å². The van der Waals surface area contributed by atoms with E-state index in [2.05, 4.69) is 65.2 Å². The lowest BCUT2D eigenvalue weighted by Gasteiger charge is -2.13. The second-order valence-corrected chi connectivity index (χ2v) is 5.16. The number of rotatable bonds is 6. The van der Waals surface area contributed by atoms with Crippen molar-refractivity contribution in [2.24, 2.45) is 0 Å². The van der Waals surface area contributed by atoms with Crippen LogP contribution in [0.25, 0.3) is 0 Å². The maximum atomic E-state index is 3.50. The normalized spacial score (nSPS) is 10.4. The number of hydrogen-bond acceptors (Lipinski definition) is 2. The van der Waals surface area contributed by atoms with Gasteiger partial charge in [-0.3, -0.25) is 0 Å². The molecule has 3 rings (SSSR count). The topological polar surface area (TPSA) is 24.1 Å². The van der Waals surface area contributed by atoms with E-state index in [9.17, 15) is 0 Å². The number of benzene rings is 3. The molecule has 0 saturated carbocycles. The van der Waals surface area contributed by atoms with Gasteiger partial charge in [0.25, 0.3) is 0 Å². The summed E-state index contributed by atoms with van der Waals surface area (Å²) in [5.74, 6) is 0. The van der Waals surface area contributed by atoms with E-state index in [1.807, 2.05) is 30.3 Å². The molecule has 0 aliphatic heterocycles. The SMILES string of the molecule is [c]1ccc(Nc2ccccc2CNCc2ccccc2)cc1. The Hall–Kier alpha value is -2.58. The molecule has 0 heterocycles. The lowest BCUT2D eigenvalue weighted by Crippen LogP contribution is -2.13. The Morgan fingerprint density at radius 1 is 0.727 bits per heavy atom. The van der Waals surface area contributed by atoms with Gasteiger partial charge in [0.2, 0.25) is 0 Å². The largest absolute Gasteiger partial charge is 0.355 e. The van der Waals surface area contributed by atoms with Gasteiger partial charge >= 0.3 is 0 Å². The van der Waals surface area contributed by atoms with Gasteiger partial charge in [-0.15, -0.1) is 0 Å². The molecule has 0 saturated heterocycles. The summed E-state index contributed by atoms with van der Waals surface area (Å²) in [6, 6.07) is 29.7. The van der Waals surface area contributed by atoms with Crippen molar-refractivity contribution >= 4 is 11.4 Å². The molecule has 0 amide bonds. The summed E-state index contributed by atoms with van der Waals surface area (Å²) in [5.41, 5.74) is 4.77. The van der Waals surface area contributed by atoms with Gasteiger partial charge in [-0.25, -0.2) is 0 Å². The minimum absolute atomic E-state index is 0.830. The van der Waals surface area contributed by atoms with Crippen LogP contribution in [-0.2, 0) is 13.1 Å². The molecule has 1 radical (unpaired) electrons. The summed E-state index contributed by atoms with van der Waals surface area (Å²) in [5, 5.41) is 6.96. The summed E-state index contributed by atoms with van der Waals surface area (Å²) < 4.78 is 0. The Balaban J connectivity index is 1.64. The standard InChI is InChI=1S/C20H19N2/c1-3-9-17(10-4-1)15-21-16-18-11-7-8-14-20(18)22-19-12-5-2-6-13-19/h1,3-14,21-22H,15-16H2. The van der Waals surface area contributed by atoms with Crippen molar-refractivity contribution in [2.75, 3.05) is 5.32 Å². The number of para-hydroxylation sites is 1. The van der Waals surface area contributed by atoms with Crippen LogP contribution >= 0.6 is 0 Å². The van der Waals surface area contributed by atoms with Crippen LogP contribution in [0.3, 0.4) is 0 Å². The Bertz CT molecular complexity index is 693. The van der Waals surface area contributed by atoms with Crippen LogP contribution < -0.4 is 10.6 Å². The molecule has 3 aromatic carbocycles. The van der Waals surface area contributed by atoms with Crippen LogP contribution in [0.5, 0.6) is 0 Å². The van der Waals surface area contributed by atoms with E-state index in [0.717, 1.165) is 24.5 Å². The number of hydrogen-bond donors (Lipinski definition) is 2. The molecule has 0 bridgehead atoms. The highest BCUT2D eigenvalue weighted by Gasteiger charge is 2.02. The first-order chi connectivity index (χ1) is 10.9. The molecule has 22 heavy (non-hydrogen) atoms. The van der Waals surface area contributed by atoms with Gasteiger partial charge in [0.15, 0.2) is 0 Å². The lowest BCUT2D eigenvalue weighted by molar-refractivity contribution is 0.694. The fourth-order valence-electron chi connectivity index (χ4n) is 2.36. The van der Waals surface area contributed by atoms with Crippen LogP contribution in [0.2, 0.25) is 0 Å². The first kappa shape index (κ1) is 14.4. The minimum atomic E-state index is 0.830. The van der Waals surface area contributed by atoms with Gasteiger partial charge in [-0.2, -0.15) is 0 Å². The molecular weight excluding hydrogens is 268 g/mol. The van der Waals surface area contributed by atoms with Crippen molar-refractivity contribution < 1.29 is 0 Å². The van der Waals surface area contributed by atoms with Gasteiger partial charge in [-0.05, 0) is 35.4 Å². The Morgan fingerprint density at radius 2 is 1.45 bits per heavy atom. The van der Waals surface area contributed by atoms with E-state index >= 15 is 0 Å². The summed E-state index contributed by atoms with van der Waals surface area (Å²) in [6.07, 6.45) is 0. The average molecular weight is 287 g/mol. The third kappa shape index (κ3) is 3.96. The number of anilines is 2. The van der Waals surface area contributed by atoms with E-state index in [1.165, 1.54) is 11.1 Å². The molecule has 0 atom stereocenters. The fraction of sp³-hybridized carbons (Fsp3) is 0.100. The van der Waals surface area contributed by atoms with E-state index in [0.29, 0.717) is 0 Å². The molecule has 0 spiro atoms. The smallest absolute Gasteiger partial charge is 0.0429 e. The molecule has 3 aromatic rings. The zero-order valence-electron chi connectivity index (χ0n) is 12.4. The predicted molar refractivity (Wildman–Crippen MR) is 92.0 cm³/mol. The second kappa shape index (κ2) is 7.43. The average Bonchev–Trinajstić information content (AvgIpc) is 2.58. The molecular formula is C20H19N2. The van der Waals surface area contributed by atoms with Crippen molar-refractivity contribution in [1.82, 2.24) is 5.32 Å². The van der Waals surface area contributed by atoms with E-state index in [-0.39, 0.29) is 0 Å². The lowest BCUT2D eigenvalue weighted by atomic mass is 10.1. The highest BCUT2D eigenvalue weighted by Crippen LogP contribution is 2.20. The Labute approximate surface area is 131 Å². The highest BCUT2D eigenvalue weighted by atomic mass is 14.9. The van der Waals surface area contributed by atoms with Gasteiger partial charge in [0.05, 0.1) is 0 Å². The zero-order valence-corrected chi connectivity index (χ0v) is 12.4. The Kier molecular flexibility index (Phi) is 4.85.